The molecule has 156 valence electrons. The third-order valence-electron chi connectivity index (χ3n) is 5.08. The summed E-state index contributed by atoms with van der Waals surface area (Å²) in [5.41, 5.74) is 6.77. The normalized spacial score (nSPS) is 10.9. The van der Waals surface area contributed by atoms with Crippen LogP contribution < -0.4 is 0 Å². The van der Waals surface area contributed by atoms with Crippen LogP contribution >= 0.6 is 0 Å². The second-order valence-electron chi connectivity index (χ2n) is 9.03. The molecular weight excluding hydrogens is 376 g/mol. The van der Waals surface area contributed by atoms with Crippen LogP contribution in [0.5, 0.6) is 11.5 Å². The fourth-order valence-electron chi connectivity index (χ4n) is 3.33. The van der Waals surface area contributed by atoms with Gasteiger partial charge in [-0.05, 0) is 68.4 Å². The van der Waals surface area contributed by atoms with Gasteiger partial charge in [-0.25, -0.2) is 0 Å². The molecule has 0 saturated carbocycles. The monoisotopic (exact) mass is 416 g/mol. The van der Waals surface area contributed by atoms with Crippen molar-refractivity contribution in [3.63, 3.8) is 0 Å². The van der Waals surface area contributed by atoms with Gasteiger partial charge in [0.05, 0.1) is 0 Å². The van der Waals surface area contributed by atoms with Gasteiger partial charge in [-0.2, -0.15) is 0 Å². The fraction of sp³-hybridized carbons (Fsp3) is 0.500. The van der Waals surface area contributed by atoms with Gasteiger partial charge in [0.15, 0.2) is 0 Å². The molecule has 0 unspecified atom stereocenters. The van der Waals surface area contributed by atoms with Crippen LogP contribution in [-0.2, 0) is 12.8 Å². The van der Waals surface area contributed by atoms with E-state index in [2.05, 4.69) is 51.3 Å². The lowest BCUT2D eigenvalue weighted by Gasteiger charge is -2.09. The minimum Gasteiger partial charge on any atom is -0.507 e. The van der Waals surface area contributed by atoms with Gasteiger partial charge in [-0.15, -0.1) is 0 Å². The first-order valence-corrected chi connectivity index (χ1v) is 16.8. The van der Waals surface area contributed by atoms with Crippen LogP contribution in [0.3, 0.4) is 0 Å². The summed E-state index contributed by atoms with van der Waals surface area (Å²) < 4.78 is 0. The Bertz CT molecular complexity index is 744. The Morgan fingerprint density at radius 2 is 1.11 bits per heavy atom. The van der Waals surface area contributed by atoms with Crippen molar-refractivity contribution in [1.29, 1.82) is 0 Å². The Morgan fingerprint density at radius 3 is 1.61 bits per heavy atom. The minimum absolute atomic E-state index is 0.446. The number of hydrogen-bond acceptors (Lipinski definition) is 2. The van der Waals surface area contributed by atoms with Gasteiger partial charge in [-0.1, -0.05) is 68.1 Å². The van der Waals surface area contributed by atoms with Crippen molar-refractivity contribution >= 4 is 17.6 Å². The van der Waals surface area contributed by atoms with Crippen molar-refractivity contribution in [2.75, 3.05) is 0 Å². The highest BCUT2D eigenvalue weighted by Gasteiger charge is 2.07. The molecule has 2 nitrogen and oxygen atoms in total. The van der Waals surface area contributed by atoms with Gasteiger partial charge in [-0.3, -0.25) is 0 Å². The predicted octanol–water partition coefficient (Wildman–Crippen LogP) is 6.08. The summed E-state index contributed by atoms with van der Waals surface area (Å²) >= 11 is 0. The van der Waals surface area contributed by atoms with E-state index in [1.807, 2.05) is 26.8 Å². The molecule has 0 aliphatic rings. The van der Waals surface area contributed by atoms with Crippen LogP contribution in [0.25, 0.3) is 0 Å². The first kappa shape index (κ1) is 24.5. The molecular formula is C24H40O2Si2. The Morgan fingerprint density at radius 1 is 0.643 bits per heavy atom. The van der Waals surface area contributed by atoms with E-state index in [1.165, 1.54) is 29.6 Å². The zero-order valence-corrected chi connectivity index (χ0v) is 21.5. The van der Waals surface area contributed by atoms with Crippen LogP contribution in [0.15, 0.2) is 24.3 Å². The molecule has 2 aromatic carbocycles. The van der Waals surface area contributed by atoms with Crippen LogP contribution in [0, 0.1) is 27.7 Å². The van der Waals surface area contributed by atoms with Crippen LogP contribution in [0.4, 0.5) is 0 Å². The molecule has 4 heteroatoms. The molecule has 0 aliphatic heterocycles. The van der Waals surface area contributed by atoms with Gasteiger partial charge in [0.1, 0.15) is 11.5 Å². The molecule has 0 spiro atoms. The van der Waals surface area contributed by atoms with E-state index in [4.69, 9.17) is 0 Å². The van der Waals surface area contributed by atoms with E-state index < -0.39 is 17.6 Å². The SMILES string of the molecule is Cc1cc(C)c(O)c(CC[SiH](C)C)c1.Cc1cc(CC[SiH](C)C)cc(C)c1O. The number of benzene rings is 2. The van der Waals surface area contributed by atoms with Crippen molar-refractivity contribution in [2.24, 2.45) is 0 Å². The molecule has 0 bridgehead atoms. The third kappa shape index (κ3) is 8.23. The summed E-state index contributed by atoms with van der Waals surface area (Å²) in [5, 5.41) is 19.5. The van der Waals surface area contributed by atoms with Crippen molar-refractivity contribution in [2.45, 2.75) is 78.8 Å². The van der Waals surface area contributed by atoms with Gasteiger partial charge in [0.2, 0.25) is 0 Å². The van der Waals surface area contributed by atoms with E-state index in [0.29, 0.717) is 11.5 Å². The molecule has 0 amide bonds. The molecule has 0 radical (unpaired) electrons. The number of hydrogen-bond donors (Lipinski definition) is 2. The minimum atomic E-state index is -0.503. The lowest BCUT2D eigenvalue weighted by Crippen LogP contribution is -2.01. The van der Waals surface area contributed by atoms with E-state index in [0.717, 1.165) is 28.7 Å². The van der Waals surface area contributed by atoms with Crippen LogP contribution in [0.1, 0.15) is 33.4 Å². The Kier molecular flexibility index (Phi) is 10.0. The van der Waals surface area contributed by atoms with E-state index in [-0.39, 0.29) is 0 Å². The molecule has 2 aromatic rings. The number of rotatable bonds is 6. The van der Waals surface area contributed by atoms with Crippen molar-refractivity contribution in [3.05, 3.63) is 57.6 Å². The first-order chi connectivity index (χ1) is 13.0. The van der Waals surface area contributed by atoms with Gasteiger partial charge < -0.3 is 10.2 Å². The summed E-state index contributed by atoms with van der Waals surface area (Å²) in [7, 11) is -0.950. The van der Waals surface area contributed by atoms with Gasteiger partial charge >= 0.3 is 0 Å². The second-order valence-corrected chi connectivity index (χ2v) is 15.8. The lowest BCUT2D eigenvalue weighted by atomic mass is 10.0. The molecule has 0 fully saturated rings. The highest BCUT2D eigenvalue weighted by Crippen LogP contribution is 2.25. The standard InChI is InChI=1S/2C12H20OSi/c1-9-7-11(5-6-14(3)4)8-10(2)12(9)13;1-9-7-10(2)12(13)11(8-9)5-6-14(3)4/h2*7-8,13-14H,5-6H2,1-4H3. The Labute approximate surface area is 175 Å². The van der Waals surface area contributed by atoms with Crippen molar-refractivity contribution in [3.8, 4) is 11.5 Å². The highest BCUT2D eigenvalue weighted by molar-refractivity contribution is 6.56. The van der Waals surface area contributed by atoms with Crippen LogP contribution in [-0.4, -0.2) is 27.8 Å². The van der Waals surface area contributed by atoms with E-state index in [1.54, 1.807) is 0 Å². The maximum Gasteiger partial charge on any atom is 0.121 e. The zero-order valence-electron chi connectivity index (χ0n) is 19.2. The quantitative estimate of drug-likeness (QED) is 0.560. The predicted molar refractivity (Wildman–Crippen MR) is 130 cm³/mol. The van der Waals surface area contributed by atoms with Gasteiger partial charge in [0, 0.05) is 17.6 Å². The summed E-state index contributed by atoms with van der Waals surface area (Å²) in [6.07, 6.45) is 2.21. The van der Waals surface area contributed by atoms with Crippen molar-refractivity contribution < 1.29 is 10.2 Å². The Balaban J connectivity index is 0.000000280. The molecule has 0 heterocycles. The molecule has 2 N–H and O–H groups in total. The summed E-state index contributed by atoms with van der Waals surface area (Å²) in [4.78, 5) is 0. The molecule has 28 heavy (non-hydrogen) atoms. The average molecular weight is 417 g/mol. The largest absolute Gasteiger partial charge is 0.507 e. The second kappa shape index (κ2) is 11.5. The average Bonchev–Trinajstić information content (AvgIpc) is 2.60. The number of phenols is 2. The third-order valence-corrected chi connectivity index (χ3v) is 7.96. The molecule has 2 rings (SSSR count). The number of aryl methyl sites for hydroxylation is 6. The van der Waals surface area contributed by atoms with Crippen LogP contribution in [0.2, 0.25) is 38.3 Å². The molecule has 0 aliphatic carbocycles. The molecule has 0 atom stereocenters. The summed E-state index contributed by atoms with van der Waals surface area (Å²) in [6, 6.07) is 11.0. The van der Waals surface area contributed by atoms with E-state index >= 15 is 0 Å². The summed E-state index contributed by atoms with van der Waals surface area (Å²) in [6.45, 7) is 17.4. The van der Waals surface area contributed by atoms with Crippen molar-refractivity contribution in [1.82, 2.24) is 0 Å². The lowest BCUT2D eigenvalue weighted by molar-refractivity contribution is 0.464. The molecule has 0 aromatic heterocycles. The Hall–Kier alpha value is -1.53. The highest BCUT2D eigenvalue weighted by atomic mass is 28.3. The van der Waals surface area contributed by atoms with E-state index in [9.17, 15) is 10.2 Å². The number of aromatic hydroxyl groups is 2. The zero-order chi connectivity index (χ0) is 21.4. The number of phenolic OH excluding ortho intramolecular Hbond substituents is 2. The fourth-order valence-corrected chi connectivity index (χ4v) is 5.13. The first-order valence-electron chi connectivity index (χ1n) is 10.6. The maximum atomic E-state index is 9.85. The van der Waals surface area contributed by atoms with Gasteiger partial charge in [0.25, 0.3) is 0 Å². The molecule has 0 saturated heterocycles. The maximum absolute atomic E-state index is 9.85. The topological polar surface area (TPSA) is 40.5 Å². The smallest absolute Gasteiger partial charge is 0.121 e. The summed E-state index contributed by atoms with van der Waals surface area (Å²) in [5.74, 6) is 0.959.